The number of carbonyl (C=O) groups excluding carboxylic acids is 1. The van der Waals surface area contributed by atoms with E-state index >= 15 is 0 Å². The van der Waals surface area contributed by atoms with Crippen LogP contribution >= 0.6 is 11.6 Å². The number of ether oxygens (including phenoxy) is 2. The van der Waals surface area contributed by atoms with Crippen LogP contribution in [0.15, 0.2) is 72.8 Å². The van der Waals surface area contributed by atoms with E-state index in [4.69, 9.17) is 21.1 Å². The van der Waals surface area contributed by atoms with Crippen LogP contribution in [0, 0.1) is 17.2 Å². The van der Waals surface area contributed by atoms with E-state index in [1.807, 2.05) is 24.3 Å². The molecule has 3 aromatic carbocycles. The van der Waals surface area contributed by atoms with Gasteiger partial charge in [0.05, 0.1) is 10.6 Å². The number of hydrogen-bond acceptors (Lipinski definition) is 5. The van der Waals surface area contributed by atoms with Crippen LogP contribution < -0.4 is 10.1 Å². The van der Waals surface area contributed by atoms with E-state index in [0.29, 0.717) is 17.1 Å². The second-order valence-electron chi connectivity index (χ2n) is 7.99. The second kappa shape index (κ2) is 11.2. The molecule has 0 bridgehead atoms. The van der Waals surface area contributed by atoms with Gasteiger partial charge in [-0.05, 0) is 48.4 Å². The Bertz CT molecular complexity index is 1210. The predicted molar refractivity (Wildman–Crippen MR) is 126 cm³/mol. The lowest BCUT2D eigenvalue weighted by Crippen LogP contribution is -2.36. The lowest BCUT2D eigenvalue weighted by atomic mass is 10.0. The summed E-state index contributed by atoms with van der Waals surface area (Å²) < 4.78 is 50.2. The van der Waals surface area contributed by atoms with Gasteiger partial charge in [-0.15, -0.1) is 0 Å². The molecule has 0 fully saturated rings. The quantitative estimate of drug-likeness (QED) is 0.325. The number of benzene rings is 3. The van der Waals surface area contributed by atoms with Crippen LogP contribution in [0.3, 0.4) is 0 Å². The van der Waals surface area contributed by atoms with Crippen molar-refractivity contribution in [2.75, 3.05) is 5.32 Å². The first kappa shape index (κ1) is 25.9. The standard InChI is InChI=1S/C26H22ClF3N2O3/c1-16(2)24(32-18-11-12-21(22(27)14-18)26(28,29)30)25(33)35-23(15-31)17-7-6-10-20(13-17)34-19-8-4-3-5-9-19/h3-14,16,23-24,32H,1-2H3. The lowest BCUT2D eigenvalue weighted by molar-refractivity contribution is -0.149. The maximum atomic E-state index is 13.0. The first-order valence-corrected chi connectivity index (χ1v) is 11.0. The number of alkyl halides is 3. The third kappa shape index (κ3) is 6.90. The Labute approximate surface area is 206 Å². The highest BCUT2D eigenvalue weighted by atomic mass is 35.5. The number of rotatable bonds is 8. The van der Waals surface area contributed by atoms with Crippen LogP contribution in [0.1, 0.15) is 31.1 Å². The number of halogens is 4. The van der Waals surface area contributed by atoms with Gasteiger partial charge >= 0.3 is 12.1 Å². The van der Waals surface area contributed by atoms with E-state index in [2.05, 4.69) is 5.32 Å². The molecule has 0 aliphatic rings. The Hall–Kier alpha value is -3.70. The van der Waals surface area contributed by atoms with Crippen molar-refractivity contribution in [2.24, 2.45) is 5.92 Å². The highest BCUT2D eigenvalue weighted by Gasteiger charge is 2.33. The van der Waals surface area contributed by atoms with Crippen LogP contribution in [0.5, 0.6) is 11.5 Å². The molecular formula is C26H22ClF3N2O3. The fourth-order valence-electron chi connectivity index (χ4n) is 3.24. The van der Waals surface area contributed by atoms with Crippen molar-refractivity contribution in [3.63, 3.8) is 0 Å². The minimum atomic E-state index is -4.59. The van der Waals surface area contributed by atoms with Gasteiger partial charge in [0, 0.05) is 11.3 Å². The maximum Gasteiger partial charge on any atom is 0.417 e. The summed E-state index contributed by atoms with van der Waals surface area (Å²) in [7, 11) is 0. The number of nitriles is 1. The predicted octanol–water partition coefficient (Wildman–Crippen LogP) is 7.40. The van der Waals surface area contributed by atoms with Crippen molar-refractivity contribution >= 4 is 23.3 Å². The van der Waals surface area contributed by atoms with Gasteiger partial charge in [-0.2, -0.15) is 18.4 Å². The number of anilines is 1. The van der Waals surface area contributed by atoms with E-state index in [9.17, 15) is 23.2 Å². The highest BCUT2D eigenvalue weighted by molar-refractivity contribution is 6.31. The molecule has 0 heterocycles. The molecule has 182 valence electrons. The minimum Gasteiger partial charge on any atom is -0.457 e. The minimum absolute atomic E-state index is 0.213. The Morgan fingerprint density at radius 2 is 1.69 bits per heavy atom. The number of para-hydroxylation sites is 1. The molecule has 0 aliphatic carbocycles. The molecule has 0 saturated heterocycles. The van der Waals surface area contributed by atoms with Gasteiger partial charge in [0.1, 0.15) is 23.6 Å². The summed E-state index contributed by atoms with van der Waals surface area (Å²) in [5, 5.41) is 12.0. The van der Waals surface area contributed by atoms with E-state index in [-0.39, 0.29) is 11.6 Å². The number of carbonyl (C=O) groups is 1. The van der Waals surface area contributed by atoms with E-state index in [1.54, 1.807) is 50.2 Å². The lowest BCUT2D eigenvalue weighted by Gasteiger charge is -2.24. The van der Waals surface area contributed by atoms with Gasteiger partial charge in [0.15, 0.2) is 0 Å². The largest absolute Gasteiger partial charge is 0.457 e. The summed E-state index contributed by atoms with van der Waals surface area (Å²) in [4.78, 5) is 12.9. The zero-order valence-corrected chi connectivity index (χ0v) is 19.6. The molecular weight excluding hydrogens is 481 g/mol. The molecule has 5 nitrogen and oxygen atoms in total. The Kier molecular flexibility index (Phi) is 8.26. The molecule has 1 N–H and O–H groups in total. The van der Waals surface area contributed by atoms with Gasteiger partial charge in [-0.3, -0.25) is 0 Å². The van der Waals surface area contributed by atoms with Crippen molar-refractivity contribution in [3.05, 3.63) is 88.9 Å². The summed E-state index contributed by atoms with van der Waals surface area (Å²) in [5.74, 6) is 0.0185. The smallest absolute Gasteiger partial charge is 0.417 e. The normalized spacial score (nSPS) is 13.0. The summed E-state index contributed by atoms with van der Waals surface area (Å²) in [6, 6.07) is 19.8. The van der Waals surface area contributed by atoms with Gasteiger partial charge in [-0.1, -0.05) is 55.8 Å². The first-order chi connectivity index (χ1) is 16.6. The highest BCUT2D eigenvalue weighted by Crippen LogP contribution is 2.36. The fraction of sp³-hybridized carbons (Fsp3) is 0.231. The van der Waals surface area contributed by atoms with Crippen molar-refractivity contribution in [2.45, 2.75) is 32.2 Å². The van der Waals surface area contributed by atoms with E-state index < -0.39 is 34.9 Å². The molecule has 2 unspecified atom stereocenters. The zero-order valence-electron chi connectivity index (χ0n) is 18.8. The van der Waals surface area contributed by atoms with Crippen molar-refractivity contribution in [1.82, 2.24) is 0 Å². The Balaban J connectivity index is 1.75. The molecule has 2 atom stereocenters. The zero-order chi connectivity index (χ0) is 25.6. The van der Waals surface area contributed by atoms with Crippen LogP contribution in [0.2, 0.25) is 5.02 Å². The van der Waals surface area contributed by atoms with Crippen molar-refractivity contribution < 1.29 is 27.4 Å². The molecule has 9 heteroatoms. The van der Waals surface area contributed by atoms with Gasteiger partial charge in [0.25, 0.3) is 0 Å². The average Bonchev–Trinajstić information content (AvgIpc) is 2.80. The van der Waals surface area contributed by atoms with Gasteiger partial charge in [0.2, 0.25) is 6.10 Å². The molecule has 0 amide bonds. The number of hydrogen-bond donors (Lipinski definition) is 1. The maximum absolute atomic E-state index is 13.0. The fourth-order valence-corrected chi connectivity index (χ4v) is 3.52. The average molecular weight is 503 g/mol. The topological polar surface area (TPSA) is 71.3 Å². The van der Waals surface area contributed by atoms with Crippen LogP contribution in [-0.4, -0.2) is 12.0 Å². The van der Waals surface area contributed by atoms with Crippen LogP contribution in [-0.2, 0) is 15.7 Å². The first-order valence-electron chi connectivity index (χ1n) is 10.6. The SMILES string of the molecule is CC(C)C(Nc1ccc(C(F)(F)F)c(Cl)c1)C(=O)OC(C#N)c1cccc(Oc2ccccc2)c1. The molecule has 3 rings (SSSR count). The second-order valence-corrected chi connectivity index (χ2v) is 8.40. The number of esters is 1. The molecule has 0 saturated carbocycles. The van der Waals surface area contributed by atoms with Crippen LogP contribution in [0.25, 0.3) is 0 Å². The molecule has 0 aromatic heterocycles. The van der Waals surface area contributed by atoms with Gasteiger partial charge < -0.3 is 14.8 Å². The molecule has 0 spiro atoms. The Morgan fingerprint density at radius 1 is 1.00 bits per heavy atom. The summed E-state index contributed by atoms with van der Waals surface area (Å²) >= 11 is 5.79. The van der Waals surface area contributed by atoms with E-state index in [0.717, 1.165) is 12.1 Å². The van der Waals surface area contributed by atoms with Gasteiger partial charge in [-0.25, -0.2) is 4.79 Å². The Morgan fingerprint density at radius 3 is 2.29 bits per heavy atom. The molecule has 0 radical (unpaired) electrons. The molecule has 0 aliphatic heterocycles. The van der Waals surface area contributed by atoms with Crippen LogP contribution in [0.4, 0.5) is 18.9 Å². The van der Waals surface area contributed by atoms with E-state index in [1.165, 1.54) is 6.07 Å². The third-order valence-corrected chi connectivity index (χ3v) is 5.32. The van der Waals surface area contributed by atoms with Crippen molar-refractivity contribution in [3.8, 4) is 17.6 Å². The summed E-state index contributed by atoms with van der Waals surface area (Å²) in [6.07, 6.45) is -5.81. The number of nitrogens with one attached hydrogen (secondary N) is 1. The summed E-state index contributed by atoms with van der Waals surface area (Å²) in [5.41, 5.74) is -0.352. The monoisotopic (exact) mass is 502 g/mol. The number of nitrogens with zero attached hydrogens (tertiary/aromatic N) is 1. The third-order valence-electron chi connectivity index (χ3n) is 5.01. The molecule has 3 aromatic rings. The van der Waals surface area contributed by atoms with Crippen molar-refractivity contribution in [1.29, 1.82) is 5.26 Å². The molecule has 35 heavy (non-hydrogen) atoms. The summed E-state index contributed by atoms with van der Waals surface area (Å²) in [6.45, 7) is 3.47.